The summed E-state index contributed by atoms with van der Waals surface area (Å²) in [6.07, 6.45) is 2.34. The number of anilines is 2. The zero-order valence-corrected chi connectivity index (χ0v) is 15.4. The summed E-state index contributed by atoms with van der Waals surface area (Å²) in [6.45, 7) is 4.69. The second-order valence-corrected chi connectivity index (χ2v) is 6.49. The quantitative estimate of drug-likeness (QED) is 0.665. The van der Waals surface area contributed by atoms with Gasteiger partial charge in [-0.05, 0) is 73.4 Å². The lowest BCUT2D eigenvalue weighted by molar-refractivity contribution is 0.102. The predicted octanol–water partition coefficient (Wildman–Crippen LogP) is 4.74. The second-order valence-electron chi connectivity index (χ2n) is 6.49. The Labute approximate surface area is 158 Å². The number of benzene rings is 2. The molecule has 0 aliphatic rings. The van der Waals surface area contributed by atoms with Crippen molar-refractivity contribution in [3.05, 3.63) is 88.9 Å². The van der Waals surface area contributed by atoms with E-state index >= 15 is 0 Å². The van der Waals surface area contributed by atoms with E-state index in [4.69, 9.17) is 0 Å². The zero-order chi connectivity index (χ0) is 19.2. The Kier molecular flexibility index (Phi) is 5.81. The fourth-order valence-corrected chi connectivity index (χ4v) is 2.68. The fourth-order valence-electron chi connectivity index (χ4n) is 2.68. The molecule has 0 bridgehead atoms. The number of hydrogen-bond donors (Lipinski definition) is 2. The van der Waals surface area contributed by atoms with Gasteiger partial charge in [-0.2, -0.15) is 0 Å². The molecule has 0 unspecified atom stereocenters. The van der Waals surface area contributed by atoms with Crippen molar-refractivity contribution < 1.29 is 9.18 Å². The van der Waals surface area contributed by atoms with Crippen LogP contribution >= 0.6 is 0 Å². The molecule has 0 atom stereocenters. The number of carbonyl (C=O) groups excluding carboxylic acids is 1. The van der Waals surface area contributed by atoms with Gasteiger partial charge >= 0.3 is 0 Å². The molecule has 0 spiro atoms. The highest BCUT2D eigenvalue weighted by Crippen LogP contribution is 2.16. The van der Waals surface area contributed by atoms with Crippen LogP contribution in [0.25, 0.3) is 0 Å². The maximum atomic E-state index is 12.9. The molecule has 3 rings (SSSR count). The number of aromatic nitrogens is 1. The van der Waals surface area contributed by atoms with Crippen molar-refractivity contribution in [1.82, 2.24) is 4.98 Å². The molecule has 0 fully saturated rings. The summed E-state index contributed by atoms with van der Waals surface area (Å²) in [4.78, 5) is 16.7. The standard InChI is InChI=1S/C22H22FN3O/c1-15-3-8-20(13-16(15)2)26-22(27)18-10-12-25-21(14-18)24-11-9-17-4-6-19(23)7-5-17/h3-8,10,12-14H,9,11H2,1-2H3,(H,24,25)(H,26,27). The lowest BCUT2D eigenvalue weighted by Gasteiger charge is -2.10. The van der Waals surface area contributed by atoms with Gasteiger partial charge in [0.15, 0.2) is 0 Å². The average Bonchev–Trinajstić information content (AvgIpc) is 2.66. The normalized spacial score (nSPS) is 10.5. The van der Waals surface area contributed by atoms with Gasteiger partial charge in [-0.1, -0.05) is 18.2 Å². The number of halogens is 1. The molecule has 1 heterocycles. The summed E-state index contributed by atoms with van der Waals surface area (Å²) < 4.78 is 12.9. The summed E-state index contributed by atoms with van der Waals surface area (Å²) in [5.74, 6) is 0.211. The Hall–Kier alpha value is -3.21. The monoisotopic (exact) mass is 363 g/mol. The van der Waals surface area contributed by atoms with E-state index in [2.05, 4.69) is 15.6 Å². The van der Waals surface area contributed by atoms with E-state index in [-0.39, 0.29) is 11.7 Å². The van der Waals surface area contributed by atoms with Crippen molar-refractivity contribution in [2.75, 3.05) is 17.2 Å². The minimum absolute atomic E-state index is 0.178. The fraction of sp³-hybridized carbons (Fsp3) is 0.182. The highest BCUT2D eigenvalue weighted by Gasteiger charge is 2.08. The van der Waals surface area contributed by atoms with Crippen molar-refractivity contribution in [2.45, 2.75) is 20.3 Å². The van der Waals surface area contributed by atoms with Crippen LogP contribution in [-0.2, 0) is 6.42 Å². The second kappa shape index (κ2) is 8.45. The van der Waals surface area contributed by atoms with Gasteiger partial charge in [0.2, 0.25) is 0 Å². The Bertz CT molecular complexity index is 939. The van der Waals surface area contributed by atoms with Crippen LogP contribution in [0.4, 0.5) is 15.9 Å². The first kappa shape index (κ1) is 18.6. The van der Waals surface area contributed by atoms with Gasteiger partial charge < -0.3 is 10.6 Å². The van der Waals surface area contributed by atoms with Crippen molar-refractivity contribution in [3.63, 3.8) is 0 Å². The van der Waals surface area contributed by atoms with Crippen molar-refractivity contribution in [2.24, 2.45) is 0 Å². The maximum absolute atomic E-state index is 12.9. The van der Waals surface area contributed by atoms with Gasteiger partial charge in [-0.3, -0.25) is 4.79 Å². The third-order valence-electron chi connectivity index (χ3n) is 4.42. The topological polar surface area (TPSA) is 54.0 Å². The van der Waals surface area contributed by atoms with E-state index in [1.165, 1.54) is 17.7 Å². The van der Waals surface area contributed by atoms with E-state index in [1.54, 1.807) is 30.5 Å². The molecule has 0 saturated carbocycles. The molecule has 4 nitrogen and oxygen atoms in total. The summed E-state index contributed by atoms with van der Waals surface area (Å²) in [7, 11) is 0. The maximum Gasteiger partial charge on any atom is 0.255 e. The molecule has 0 saturated heterocycles. The van der Waals surface area contributed by atoms with Crippen LogP contribution < -0.4 is 10.6 Å². The summed E-state index contributed by atoms with van der Waals surface area (Å²) in [5, 5.41) is 6.11. The number of hydrogen-bond acceptors (Lipinski definition) is 3. The van der Waals surface area contributed by atoms with Crippen LogP contribution in [0.2, 0.25) is 0 Å². The van der Waals surface area contributed by atoms with Crippen LogP contribution in [-0.4, -0.2) is 17.4 Å². The van der Waals surface area contributed by atoms with E-state index in [9.17, 15) is 9.18 Å². The molecule has 138 valence electrons. The Morgan fingerprint density at radius 2 is 1.78 bits per heavy atom. The third kappa shape index (κ3) is 5.14. The molecule has 5 heteroatoms. The molecular weight excluding hydrogens is 341 g/mol. The summed E-state index contributed by atoms with van der Waals surface area (Å²) in [5.41, 5.74) is 4.65. The van der Waals surface area contributed by atoms with Gasteiger partial charge in [0, 0.05) is 24.0 Å². The minimum atomic E-state index is -0.240. The molecular formula is C22H22FN3O. The van der Waals surface area contributed by atoms with Gasteiger partial charge in [0.25, 0.3) is 5.91 Å². The van der Waals surface area contributed by atoms with Crippen LogP contribution in [0.1, 0.15) is 27.0 Å². The number of amides is 1. The number of rotatable bonds is 6. The van der Waals surface area contributed by atoms with Gasteiger partial charge in [-0.15, -0.1) is 0 Å². The van der Waals surface area contributed by atoms with Gasteiger partial charge in [0.05, 0.1) is 0 Å². The molecule has 27 heavy (non-hydrogen) atoms. The largest absolute Gasteiger partial charge is 0.370 e. The Balaban J connectivity index is 1.59. The number of nitrogens with one attached hydrogen (secondary N) is 2. The molecule has 3 aromatic rings. The van der Waals surface area contributed by atoms with Crippen LogP contribution in [0.5, 0.6) is 0 Å². The Morgan fingerprint density at radius 1 is 1.00 bits per heavy atom. The van der Waals surface area contributed by atoms with Crippen molar-refractivity contribution >= 4 is 17.4 Å². The number of nitrogens with zero attached hydrogens (tertiary/aromatic N) is 1. The first-order chi connectivity index (χ1) is 13.0. The number of carbonyl (C=O) groups is 1. The molecule has 1 aromatic heterocycles. The highest BCUT2D eigenvalue weighted by molar-refractivity contribution is 6.04. The van der Waals surface area contributed by atoms with E-state index in [0.717, 1.165) is 23.2 Å². The van der Waals surface area contributed by atoms with Crippen molar-refractivity contribution in [3.8, 4) is 0 Å². The summed E-state index contributed by atoms with van der Waals surface area (Å²) >= 11 is 0. The summed E-state index contributed by atoms with van der Waals surface area (Å²) in [6, 6.07) is 15.7. The molecule has 0 aliphatic carbocycles. The lowest BCUT2D eigenvalue weighted by atomic mass is 10.1. The highest BCUT2D eigenvalue weighted by atomic mass is 19.1. The van der Waals surface area contributed by atoms with Crippen molar-refractivity contribution in [1.29, 1.82) is 0 Å². The number of pyridine rings is 1. The van der Waals surface area contributed by atoms with Gasteiger partial charge in [0.1, 0.15) is 11.6 Å². The van der Waals surface area contributed by atoms with E-state index in [1.807, 2.05) is 32.0 Å². The molecule has 2 N–H and O–H groups in total. The first-order valence-corrected chi connectivity index (χ1v) is 8.84. The van der Waals surface area contributed by atoms with Gasteiger partial charge in [-0.25, -0.2) is 9.37 Å². The van der Waals surface area contributed by atoms with Crippen LogP contribution in [0, 0.1) is 19.7 Å². The number of aryl methyl sites for hydroxylation is 2. The van der Waals surface area contributed by atoms with Crippen LogP contribution in [0.3, 0.4) is 0 Å². The molecule has 0 radical (unpaired) electrons. The predicted molar refractivity (Wildman–Crippen MR) is 107 cm³/mol. The smallest absolute Gasteiger partial charge is 0.255 e. The van der Waals surface area contributed by atoms with E-state index < -0.39 is 0 Å². The SMILES string of the molecule is Cc1ccc(NC(=O)c2ccnc(NCCc3ccc(F)cc3)c2)cc1C. The Morgan fingerprint density at radius 3 is 2.52 bits per heavy atom. The zero-order valence-electron chi connectivity index (χ0n) is 15.4. The average molecular weight is 363 g/mol. The molecule has 0 aliphatic heterocycles. The minimum Gasteiger partial charge on any atom is -0.370 e. The van der Waals surface area contributed by atoms with E-state index in [0.29, 0.717) is 17.9 Å². The lowest BCUT2D eigenvalue weighted by Crippen LogP contribution is -2.13. The molecule has 2 aromatic carbocycles. The first-order valence-electron chi connectivity index (χ1n) is 8.84. The molecule has 1 amide bonds. The third-order valence-corrected chi connectivity index (χ3v) is 4.42. The van der Waals surface area contributed by atoms with Crippen LogP contribution in [0.15, 0.2) is 60.8 Å².